The van der Waals surface area contributed by atoms with E-state index in [1.54, 1.807) is 11.5 Å². The van der Waals surface area contributed by atoms with E-state index in [0.717, 1.165) is 0 Å². The Morgan fingerprint density at radius 3 is 2.12 bits per heavy atom. The summed E-state index contributed by atoms with van der Waals surface area (Å²) in [6.45, 7) is 12.1. The molecule has 1 amide bonds. The summed E-state index contributed by atoms with van der Waals surface area (Å²) in [5.41, 5.74) is 0. The molecule has 1 fully saturated rings. The molecule has 0 unspecified atom stereocenters. The minimum absolute atomic E-state index is 0.000934. The van der Waals surface area contributed by atoms with Gasteiger partial charge in [-0.25, -0.2) is 4.79 Å². The number of carboxylic acids is 1. The first kappa shape index (κ1) is 13.2. The van der Waals surface area contributed by atoms with Gasteiger partial charge in [0.2, 0.25) is 5.91 Å². The molecule has 1 aliphatic rings. The molecule has 1 N–H and O–H groups in total. The largest absolute Gasteiger partial charge is 0.480 e. The van der Waals surface area contributed by atoms with Crippen LogP contribution in [0.2, 0.25) is 18.1 Å². The number of hydrogen-bond acceptors (Lipinski definition) is 2. The summed E-state index contributed by atoms with van der Waals surface area (Å²) in [6.07, 6.45) is 0. The van der Waals surface area contributed by atoms with Gasteiger partial charge in [0, 0.05) is 0 Å². The molecule has 1 aliphatic heterocycles. The molecule has 1 heterocycles. The molecule has 0 bridgehead atoms. The summed E-state index contributed by atoms with van der Waals surface area (Å²) >= 11 is 0. The van der Waals surface area contributed by atoms with Gasteiger partial charge in [-0.2, -0.15) is 0 Å². The van der Waals surface area contributed by atoms with Crippen LogP contribution in [0.5, 0.6) is 0 Å². The normalized spacial score (nSPS) is 26.6. The highest BCUT2D eigenvalue weighted by atomic mass is 28.3. The van der Waals surface area contributed by atoms with Gasteiger partial charge in [0.05, 0.1) is 5.92 Å². The van der Waals surface area contributed by atoms with Crippen molar-refractivity contribution in [3.8, 4) is 0 Å². The van der Waals surface area contributed by atoms with Gasteiger partial charge >= 0.3 is 5.97 Å². The van der Waals surface area contributed by atoms with Gasteiger partial charge in [-0.3, -0.25) is 4.79 Å². The number of carbonyl (C=O) groups is 2. The van der Waals surface area contributed by atoms with Crippen LogP contribution < -0.4 is 0 Å². The van der Waals surface area contributed by atoms with E-state index >= 15 is 0 Å². The van der Waals surface area contributed by atoms with Gasteiger partial charge in [-0.15, -0.1) is 0 Å². The number of rotatable bonds is 2. The van der Waals surface area contributed by atoms with E-state index in [-0.39, 0.29) is 16.9 Å². The third-order valence-corrected chi connectivity index (χ3v) is 9.44. The Hall–Kier alpha value is -0.843. The van der Waals surface area contributed by atoms with E-state index in [4.69, 9.17) is 5.11 Å². The zero-order valence-electron chi connectivity index (χ0n) is 10.9. The van der Waals surface area contributed by atoms with E-state index < -0.39 is 20.2 Å². The average Bonchev–Trinajstić information content (AvgIpc) is 2.09. The lowest BCUT2D eigenvalue weighted by molar-refractivity contribution is -0.162. The Bertz CT molecular complexity index is 333. The highest BCUT2D eigenvalue weighted by Crippen LogP contribution is 2.44. The molecule has 0 aromatic carbocycles. The number of nitrogens with zero attached hydrogens (tertiary/aromatic N) is 1. The Labute approximate surface area is 97.7 Å². The van der Waals surface area contributed by atoms with Crippen LogP contribution in [0.15, 0.2) is 0 Å². The zero-order valence-corrected chi connectivity index (χ0v) is 11.9. The molecule has 2 atom stereocenters. The summed E-state index contributed by atoms with van der Waals surface area (Å²) in [7, 11) is -2.05. The fourth-order valence-electron chi connectivity index (χ4n) is 1.94. The van der Waals surface area contributed by atoms with E-state index in [2.05, 4.69) is 33.9 Å². The zero-order chi connectivity index (χ0) is 12.9. The van der Waals surface area contributed by atoms with Gasteiger partial charge in [0.15, 0.2) is 8.24 Å². The summed E-state index contributed by atoms with van der Waals surface area (Å²) in [4.78, 5) is 23.0. The van der Waals surface area contributed by atoms with Crippen molar-refractivity contribution in [1.82, 2.24) is 4.57 Å². The molecule has 0 radical (unpaired) electrons. The lowest BCUT2D eigenvalue weighted by Crippen LogP contribution is -2.74. The van der Waals surface area contributed by atoms with Crippen LogP contribution >= 0.6 is 0 Å². The summed E-state index contributed by atoms with van der Waals surface area (Å²) < 4.78 is 1.65. The highest BCUT2D eigenvalue weighted by Gasteiger charge is 2.58. The number of aliphatic carboxylic acids is 1. The molecule has 92 valence electrons. The smallest absolute Gasteiger partial charge is 0.326 e. The molecule has 0 aromatic heterocycles. The molecule has 0 aromatic rings. The maximum Gasteiger partial charge on any atom is 0.326 e. The number of hydrogen-bond donors (Lipinski definition) is 1. The van der Waals surface area contributed by atoms with E-state index in [1.165, 1.54) is 0 Å². The molecule has 1 saturated heterocycles. The van der Waals surface area contributed by atoms with Crippen LogP contribution in [0, 0.1) is 5.92 Å². The van der Waals surface area contributed by atoms with Crippen LogP contribution in [-0.2, 0) is 9.59 Å². The topological polar surface area (TPSA) is 57.6 Å². The predicted molar refractivity (Wildman–Crippen MR) is 64.6 cm³/mol. The fraction of sp³-hybridized carbons (Fsp3) is 0.818. The van der Waals surface area contributed by atoms with Crippen molar-refractivity contribution in [2.75, 3.05) is 0 Å². The molecule has 0 saturated carbocycles. The lowest BCUT2D eigenvalue weighted by Gasteiger charge is -2.56. The van der Waals surface area contributed by atoms with Crippen LogP contribution in [0.3, 0.4) is 0 Å². The molecule has 1 rings (SSSR count). The number of β-lactam (4-membered cyclic amide) rings is 1. The maximum absolute atomic E-state index is 11.9. The molecule has 5 heteroatoms. The minimum atomic E-state index is -2.05. The van der Waals surface area contributed by atoms with E-state index in [0.29, 0.717) is 0 Å². The molecular formula is C11H21NO3Si. The fourth-order valence-corrected chi connectivity index (χ4v) is 4.45. The molecule has 4 nitrogen and oxygen atoms in total. The second-order valence-electron chi connectivity index (χ2n) is 6.09. The molecule has 0 spiro atoms. The Balaban J connectivity index is 3.05. The molecule has 0 aliphatic carbocycles. The van der Waals surface area contributed by atoms with Gasteiger partial charge in [-0.05, 0) is 5.04 Å². The third-order valence-electron chi connectivity index (χ3n) is 4.07. The average molecular weight is 243 g/mol. The van der Waals surface area contributed by atoms with Crippen molar-refractivity contribution in [2.45, 2.75) is 51.9 Å². The Kier molecular flexibility index (Phi) is 2.96. The number of carbonyl (C=O) groups excluding carboxylic acids is 1. The van der Waals surface area contributed by atoms with Gasteiger partial charge in [0.25, 0.3) is 0 Å². The van der Waals surface area contributed by atoms with Crippen molar-refractivity contribution in [2.24, 2.45) is 5.92 Å². The summed E-state index contributed by atoms with van der Waals surface area (Å²) in [5.74, 6) is -1.25. The van der Waals surface area contributed by atoms with E-state index in [9.17, 15) is 9.59 Å². The first-order chi connectivity index (χ1) is 7.01. The third kappa shape index (κ3) is 1.67. The lowest BCUT2D eigenvalue weighted by atomic mass is 9.93. The minimum Gasteiger partial charge on any atom is -0.480 e. The predicted octanol–water partition coefficient (Wildman–Crippen LogP) is 1.92. The standard InChI is InChI=1S/C11H21NO3Si/c1-7-8(10(14)15)12(9(7)13)16(5,6)11(2,3)4/h7-8H,1-6H3,(H,14,15)/t7-,8-/m1/s1. The van der Waals surface area contributed by atoms with Crippen LogP contribution in [-0.4, -0.2) is 35.8 Å². The van der Waals surface area contributed by atoms with E-state index in [1.807, 2.05) is 0 Å². The first-order valence-electron chi connectivity index (χ1n) is 5.58. The second-order valence-corrected chi connectivity index (χ2v) is 11.2. The molecular weight excluding hydrogens is 222 g/mol. The Morgan fingerprint density at radius 1 is 1.38 bits per heavy atom. The maximum atomic E-state index is 11.9. The molecule has 16 heavy (non-hydrogen) atoms. The Morgan fingerprint density at radius 2 is 1.81 bits per heavy atom. The number of carboxylic acid groups (broad SMARTS) is 1. The van der Waals surface area contributed by atoms with Crippen LogP contribution in [0.1, 0.15) is 27.7 Å². The van der Waals surface area contributed by atoms with Crippen molar-refractivity contribution in [3.05, 3.63) is 0 Å². The highest BCUT2D eigenvalue weighted by molar-refractivity contribution is 6.80. The second kappa shape index (κ2) is 3.58. The van der Waals surface area contributed by atoms with Gasteiger partial charge in [0.1, 0.15) is 6.04 Å². The summed E-state index contributed by atoms with van der Waals surface area (Å²) in [5, 5.41) is 9.13. The first-order valence-corrected chi connectivity index (χ1v) is 8.52. The number of amides is 1. The van der Waals surface area contributed by atoms with Crippen molar-refractivity contribution < 1.29 is 14.7 Å². The van der Waals surface area contributed by atoms with Crippen LogP contribution in [0.4, 0.5) is 0 Å². The van der Waals surface area contributed by atoms with Gasteiger partial charge in [-0.1, -0.05) is 40.8 Å². The van der Waals surface area contributed by atoms with Crippen molar-refractivity contribution >= 4 is 20.1 Å². The van der Waals surface area contributed by atoms with Crippen LogP contribution in [0.25, 0.3) is 0 Å². The van der Waals surface area contributed by atoms with Crippen molar-refractivity contribution in [3.63, 3.8) is 0 Å². The SMILES string of the molecule is C[C@H]1C(=O)N([Si](C)(C)C(C)(C)C)[C@H]1C(=O)O. The quantitative estimate of drug-likeness (QED) is 0.595. The van der Waals surface area contributed by atoms with Crippen molar-refractivity contribution in [1.29, 1.82) is 0 Å². The van der Waals surface area contributed by atoms with Gasteiger partial charge < -0.3 is 9.67 Å². The monoisotopic (exact) mass is 243 g/mol. The summed E-state index contributed by atoms with van der Waals surface area (Å²) in [6, 6.07) is -0.617.